The molecular formula is C15H14ClN3O3. The summed E-state index contributed by atoms with van der Waals surface area (Å²) in [5.74, 6) is 1.28. The molecule has 0 aliphatic carbocycles. The van der Waals surface area contributed by atoms with Crippen LogP contribution in [0.2, 0.25) is 5.02 Å². The van der Waals surface area contributed by atoms with Crippen LogP contribution in [-0.4, -0.2) is 16.5 Å². The molecule has 1 aromatic heterocycles. The molecule has 22 heavy (non-hydrogen) atoms. The van der Waals surface area contributed by atoms with Crippen LogP contribution in [0.3, 0.4) is 0 Å². The maximum atomic E-state index is 10.7. The van der Waals surface area contributed by atoms with Gasteiger partial charge in [0.25, 0.3) is 5.69 Å². The third-order valence-corrected chi connectivity index (χ3v) is 3.83. The van der Waals surface area contributed by atoms with Crippen molar-refractivity contribution in [2.45, 2.75) is 18.9 Å². The summed E-state index contributed by atoms with van der Waals surface area (Å²) in [6.45, 7) is 0.614. The van der Waals surface area contributed by atoms with Crippen molar-refractivity contribution < 1.29 is 9.66 Å². The van der Waals surface area contributed by atoms with Crippen molar-refractivity contribution in [3.8, 4) is 5.75 Å². The van der Waals surface area contributed by atoms with E-state index in [1.165, 1.54) is 12.3 Å². The Hall–Kier alpha value is -2.34. The van der Waals surface area contributed by atoms with Crippen LogP contribution in [0, 0.1) is 10.1 Å². The number of fused-ring (bicyclic) bond motifs is 1. The van der Waals surface area contributed by atoms with Crippen LogP contribution in [0.15, 0.2) is 36.5 Å². The van der Waals surface area contributed by atoms with E-state index < -0.39 is 4.92 Å². The first kappa shape index (κ1) is 14.6. The number of benzene rings is 1. The Kier molecular flexibility index (Phi) is 4.11. The number of nitrogens with one attached hydrogen (secondary N) is 1. The number of pyridine rings is 1. The zero-order valence-electron chi connectivity index (χ0n) is 11.7. The first-order chi connectivity index (χ1) is 10.6. The van der Waals surface area contributed by atoms with E-state index in [1.54, 1.807) is 12.1 Å². The van der Waals surface area contributed by atoms with Gasteiger partial charge in [0.15, 0.2) is 0 Å². The predicted molar refractivity (Wildman–Crippen MR) is 83.4 cm³/mol. The molecule has 7 heteroatoms. The highest BCUT2D eigenvalue weighted by atomic mass is 35.5. The molecule has 0 radical (unpaired) electrons. The van der Waals surface area contributed by atoms with Gasteiger partial charge in [0.2, 0.25) is 0 Å². The van der Waals surface area contributed by atoms with Gasteiger partial charge in [-0.25, -0.2) is 4.98 Å². The molecule has 0 spiro atoms. The van der Waals surface area contributed by atoms with Crippen LogP contribution in [0.1, 0.15) is 24.4 Å². The van der Waals surface area contributed by atoms with Gasteiger partial charge in [-0.05, 0) is 25.0 Å². The van der Waals surface area contributed by atoms with E-state index in [-0.39, 0.29) is 11.7 Å². The largest absolute Gasteiger partial charge is 0.492 e. The highest BCUT2D eigenvalue weighted by molar-refractivity contribution is 6.32. The van der Waals surface area contributed by atoms with Crippen LogP contribution in [0.4, 0.5) is 11.5 Å². The molecule has 1 aliphatic rings. The fraction of sp³-hybridized carbons (Fsp3) is 0.267. The van der Waals surface area contributed by atoms with Crippen LogP contribution in [-0.2, 0) is 0 Å². The van der Waals surface area contributed by atoms with Crippen molar-refractivity contribution in [3.63, 3.8) is 0 Å². The molecule has 0 bridgehead atoms. The first-order valence-corrected chi connectivity index (χ1v) is 7.31. The monoisotopic (exact) mass is 319 g/mol. The fourth-order valence-corrected chi connectivity index (χ4v) is 2.71. The SMILES string of the molecule is O=[N+]([O-])c1ccc(NC2CCCOc3c(Cl)cccc32)nc1. The highest BCUT2D eigenvalue weighted by Crippen LogP contribution is 2.38. The number of anilines is 1. The summed E-state index contributed by atoms with van der Waals surface area (Å²) in [5, 5.41) is 14.5. The molecule has 2 heterocycles. The molecule has 0 saturated carbocycles. The van der Waals surface area contributed by atoms with E-state index in [9.17, 15) is 10.1 Å². The van der Waals surface area contributed by atoms with E-state index in [0.717, 1.165) is 18.4 Å². The maximum Gasteiger partial charge on any atom is 0.287 e. The van der Waals surface area contributed by atoms with Gasteiger partial charge in [-0.1, -0.05) is 23.7 Å². The average molecular weight is 320 g/mol. The summed E-state index contributed by atoms with van der Waals surface area (Å²) in [5.41, 5.74) is 0.948. The topological polar surface area (TPSA) is 77.3 Å². The highest BCUT2D eigenvalue weighted by Gasteiger charge is 2.22. The number of hydrogen-bond donors (Lipinski definition) is 1. The molecule has 1 N–H and O–H groups in total. The number of halogens is 1. The lowest BCUT2D eigenvalue weighted by molar-refractivity contribution is -0.385. The number of hydrogen-bond acceptors (Lipinski definition) is 5. The maximum absolute atomic E-state index is 10.7. The van der Waals surface area contributed by atoms with Crippen LogP contribution >= 0.6 is 11.6 Å². The minimum atomic E-state index is -0.467. The van der Waals surface area contributed by atoms with Crippen molar-refractivity contribution in [2.75, 3.05) is 11.9 Å². The van der Waals surface area contributed by atoms with E-state index in [0.29, 0.717) is 23.2 Å². The summed E-state index contributed by atoms with van der Waals surface area (Å²) >= 11 is 6.20. The Morgan fingerprint density at radius 3 is 2.95 bits per heavy atom. The Bertz CT molecular complexity index is 691. The molecule has 3 rings (SSSR count). The summed E-state index contributed by atoms with van der Waals surface area (Å²) in [7, 11) is 0. The summed E-state index contributed by atoms with van der Waals surface area (Å²) in [6, 6.07) is 8.69. The summed E-state index contributed by atoms with van der Waals surface area (Å²) in [4.78, 5) is 14.3. The summed E-state index contributed by atoms with van der Waals surface area (Å²) in [6.07, 6.45) is 3.00. The molecule has 1 aliphatic heterocycles. The third kappa shape index (κ3) is 2.96. The number of aromatic nitrogens is 1. The van der Waals surface area contributed by atoms with Crippen molar-refractivity contribution in [1.29, 1.82) is 0 Å². The standard InChI is InChI=1S/C15H14ClN3O3/c16-12-4-1-3-11-13(5-2-8-22-15(11)12)18-14-7-6-10(9-17-14)19(20)21/h1,3-4,6-7,9,13H,2,5,8H2,(H,17,18). The van der Waals surface area contributed by atoms with Gasteiger partial charge in [0.05, 0.1) is 22.6 Å². The Balaban J connectivity index is 1.86. The second-order valence-corrected chi connectivity index (χ2v) is 5.41. The molecule has 1 unspecified atom stereocenters. The Morgan fingerprint density at radius 1 is 1.36 bits per heavy atom. The van der Waals surface area contributed by atoms with Gasteiger partial charge in [0, 0.05) is 11.6 Å². The normalized spacial score (nSPS) is 17.0. The molecule has 0 fully saturated rings. The van der Waals surface area contributed by atoms with Crippen molar-refractivity contribution in [3.05, 3.63) is 57.2 Å². The quantitative estimate of drug-likeness (QED) is 0.684. The minimum Gasteiger partial charge on any atom is -0.492 e. The van der Waals surface area contributed by atoms with Crippen molar-refractivity contribution >= 4 is 23.1 Å². The number of ether oxygens (including phenoxy) is 1. The van der Waals surface area contributed by atoms with Crippen LogP contribution < -0.4 is 10.1 Å². The molecule has 6 nitrogen and oxygen atoms in total. The zero-order chi connectivity index (χ0) is 15.5. The molecule has 0 saturated heterocycles. The Morgan fingerprint density at radius 2 is 2.23 bits per heavy atom. The molecular weight excluding hydrogens is 306 g/mol. The number of nitrogens with zero attached hydrogens (tertiary/aromatic N) is 2. The predicted octanol–water partition coefficient (Wildman–Crippen LogP) is 3.97. The number of rotatable bonds is 3. The lowest BCUT2D eigenvalue weighted by Gasteiger charge is -2.19. The van der Waals surface area contributed by atoms with Crippen LogP contribution in [0.25, 0.3) is 0 Å². The van der Waals surface area contributed by atoms with Gasteiger partial charge >= 0.3 is 0 Å². The van der Waals surface area contributed by atoms with Gasteiger partial charge in [-0.2, -0.15) is 0 Å². The van der Waals surface area contributed by atoms with Gasteiger partial charge in [-0.15, -0.1) is 0 Å². The zero-order valence-corrected chi connectivity index (χ0v) is 12.4. The van der Waals surface area contributed by atoms with Gasteiger partial charge in [0.1, 0.15) is 17.8 Å². The van der Waals surface area contributed by atoms with E-state index in [1.807, 2.05) is 12.1 Å². The summed E-state index contributed by atoms with van der Waals surface area (Å²) < 4.78 is 5.72. The molecule has 1 atom stereocenters. The molecule has 0 amide bonds. The smallest absolute Gasteiger partial charge is 0.287 e. The molecule has 2 aromatic rings. The second kappa shape index (κ2) is 6.19. The lowest BCUT2D eigenvalue weighted by atomic mass is 10.0. The van der Waals surface area contributed by atoms with E-state index in [4.69, 9.17) is 16.3 Å². The van der Waals surface area contributed by atoms with E-state index in [2.05, 4.69) is 10.3 Å². The lowest BCUT2D eigenvalue weighted by Crippen LogP contribution is -2.11. The van der Waals surface area contributed by atoms with Crippen molar-refractivity contribution in [1.82, 2.24) is 4.98 Å². The fourth-order valence-electron chi connectivity index (χ4n) is 2.48. The van der Waals surface area contributed by atoms with Crippen molar-refractivity contribution in [2.24, 2.45) is 0 Å². The second-order valence-electron chi connectivity index (χ2n) is 5.00. The first-order valence-electron chi connectivity index (χ1n) is 6.93. The van der Waals surface area contributed by atoms with Gasteiger partial charge < -0.3 is 10.1 Å². The number of nitro groups is 1. The Labute approximate surface area is 132 Å². The number of para-hydroxylation sites is 1. The third-order valence-electron chi connectivity index (χ3n) is 3.54. The molecule has 1 aromatic carbocycles. The van der Waals surface area contributed by atoms with Gasteiger partial charge in [-0.3, -0.25) is 10.1 Å². The molecule has 114 valence electrons. The minimum absolute atomic E-state index is 0.00477. The van der Waals surface area contributed by atoms with E-state index >= 15 is 0 Å². The van der Waals surface area contributed by atoms with Crippen LogP contribution in [0.5, 0.6) is 5.75 Å². The average Bonchev–Trinajstić information content (AvgIpc) is 2.72.